The van der Waals surface area contributed by atoms with Gasteiger partial charge in [0.25, 0.3) is 0 Å². The molecule has 0 atom stereocenters. The fourth-order valence-electron chi connectivity index (χ4n) is 2.95. The lowest BCUT2D eigenvalue weighted by atomic mass is 9.74. The summed E-state index contributed by atoms with van der Waals surface area (Å²) in [5.41, 5.74) is 1.55. The summed E-state index contributed by atoms with van der Waals surface area (Å²) < 4.78 is 6.69. The molecule has 0 saturated carbocycles. The highest BCUT2D eigenvalue weighted by molar-refractivity contribution is 9.10. The minimum atomic E-state index is 0.158. The normalized spacial score (nSPS) is 17.8. The fraction of sp³-hybridized carbons (Fsp3) is 0.438. The van der Waals surface area contributed by atoms with Gasteiger partial charge in [-0.3, -0.25) is 0 Å². The number of aromatic amines is 1. The third-order valence-electron chi connectivity index (χ3n) is 4.22. The Morgan fingerprint density at radius 3 is 2.67 bits per heavy atom. The highest BCUT2D eigenvalue weighted by Crippen LogP contribution is 2.34. The molecule has 2 heterocycles. The molecule has 1 aromatic carbocycles. The van der Waals surface area contributed by atoms with Crippen molar-refractivity contribution in [1.29, 1.82) is 0 Å². The van der Waals surface area contributed by atoms with Crippen molar-refractivity contribution < 1.29 is 4.74 Å². The smallest absolute Gasteiger partial charge is 0.120 e. The van der Waals surface area contributed by atoms with Gasteiger partial charge in [0.05, 0.1) is 6.54 Å². The maximum atomic E-state index is 5.57. The summed E-state index contributed by atoms with van der Waals surface area (Å²) in [6, 6.07) is 8.70. The predicted molar refractivity (Wildman–Crippen MR) is 86.2 cm³/mol. The molecule has 3 rings (SSSR count). The molecule has 0 radical (unpaired) electrons. The first-order valence-electron chi connectivity index (χ1n) is 7.31. The average Bonchev–Trinajstić information content (AvgIpc) is 3.02. The predicted octanol–water partition coefficient (Wildman–Crippen LogP) is 3.01. The van der Waals surface area contributed by atoms with Crippen LogP contribution in [0.1, 0.15) is 24.2 Å². The molecule has 1 aliphatic heterocycles. The summed E-state index contributed by atoms with van der Waals surface area (Å²) in [5, 5.41) is 3.55. The summed E-state index contributed by atoms with van der Waals surface area (Å²) in [6.45, 7) is 3.38. The van der Waals surface area contributed by atoms with Crippen LogP contribution in [0.15, 0.2) is 41.1 Å². The van der Waals surface area contributed by atoms with E-state index < -0.39 is 0 Å². The largest absolute Gasteiger partial charge is 0.381 e. The molecule has 1 fully saturated rings. The van der Waals surface area contributed by atoms with Gasteiger partial charge in [-0.05, 0) is 30.5 Å². The van der Waals surface area contributed by atoms with E-state index in [1.807, 2.05) is 6.20 Å². The van der Waals surface area contributed by atoms with Crippen LogP contribution in [0.4, 0.5) is 0 Å². The molecule has 0 unspecified atom stereocenters. The summed E-state index contributed by atoms with van der Waals surface area (Å²) >= 11 is 3.51. The van der Waals surface area contributed by atoms with Gasteiger partial charge in [0.2, 0.25) is 0 Å². The van der Waals surface area contributed by atoms with E-state index in [-0.39, 0.29) is 5.41 Å². The SMILES string of the molecule is Brc1ccc(C2(CNCc3ncc[nH]3)CCOCC2)cc1. The molecule has 112 valence electrons. The number of nitrogens with one attached hydrogen (secondary N) is 2. The summed E-state index contributed by atoms with van der Waals surface area (Å²) in [4.78, 5) is 7.39. The van der Waals surface area contributed by atoms with Crippen molar-refractivity contribution in [3.63, 3.8) is 0 Å². The van der Waals surface area contributed by atoms with Gasteiger partial charge in [-0.25, -0.2) is 4.98 Å². The number of hydrogen-bond acceptors (Lipinski definition) is 3. The molecule has 4 nitrogen and oxygen atoms in total. The van der Waals surface area contributed by atoms with Crippen molar-refractivity contribution in [3.8, 4) is 0 Å². The number of nitrogens with zero attached hydrogens (tertiary/aromatic N) is 1. The second-order valence-corrected chi connectivity index (χ2v) is 6.45. The maximum Gasteiger partial charge on any atom is 0.120 e. The van der Waals surface area contributed by atoms with E-state index in [1.165, 1.54) is 5.56 Å². The van der Waals surface area contributed by atoms with E-state index in [0.717, 1.165) is 49.4 Å². The second-order valence-electron chi connectivity index (χ2n) is 5.54. The molecule has 1 saturated heterocycles. The van der Waals surface area contributed by atoms with Crippen LogP contribution in [0.25, 0.3) is 0 Å². The van der Waals surface area contributed by atoms with Gasteiger partial charge < -0.3 is 15.0 Å². The number of benzene rings is 1. The van der Waals surface area contributed by atoms with Crippen molar-refractivity contribution in [2.45, 2.75) is 24.8 Å². The third kappa shape index (κ3) is 3.54. The van der Waals surface area contributed by atoms with E-state index in [9.17, 15) is 0 Å². The van der Waals surface area contributed by atoms with Gasteiger partial charge in [-0.1, -0.05) is 28.1 Å². The number of imidazole rings is 1. The topological polar surface area (TPSA) is 49.9 Å². The van der Waals surface area contributed by atoms with Gasteiger partial charge in [-0.2, -0.15) is 0 Å². The van der Waals surface area contributed by atoms with Crippen LogP contribution in [-0.2, 0) is 16.7 Å². The lowest BCUT2D eigenvalue weighted by Crippen LogP contribution is -2.42. The zero-order valence-electron chi connectivity index (χ0n) is 11.9. The van der Waals surface area contributed by atoms with Crippen molar-refractivity contribution >= 4 is 15.9 Å². The van der Waals surface area contributed by atoms with Crippen molar-refractivity contribution in [2.75, 3.05) is 19.8 Å². The Balaban J connectivity index is 1.71. The average molecular weight is 350 g/mol. The van der Waals surface area contributed by atoms with Crippen molar-refractivity contribution in [3.05, 3.63) is 52.5 Å². The first-order valence-corrected chi connectivity index (χ1v) is 8.11. The lowest BCUT2D eigenvalue weighted by Gasteiger charge is -2.38. The Kier molecular flexibility index (Phi) is 4.73. The van der Waals surface area contributed by atoms with Gasteiger partial charge in [0, 0.05) is 42.0 Å². The van der Waals surface area contributed by atoms with Crippen molar-refractivity contribution in [2.24, 2.45) is 0 Å². The Labute approximate surface area is 133 Å². The Morgan fingerprint density at radius 1 is 1.24 bits per heavy atom. The molecule has 0 amide bonds. The molecule has 0 spiro atoms. The van der Waals surface area contributed by atoms with Crippen LogP contribution in [0.3, 0.4) is 0 Å². The van der Waals surface area contributed by atoms with E-state index in [0.29, 0.717) is 0 Å². The van der Waals surface area contributed by atoms with Gasteiger partial charge in [0.1, 0.15) is 5.82 Å². The van der Waals surface area contributed by atoms with Crippen LogP contribution < -0.4 is 5.32 Å². The van der Waals surface area contributed by atoms with E-state index >= 15 is 0 Å². The number of H-pyrrole nitrogens is 1. The maximum absolute atomic E-state index is 5.57. The van der Waals surface area contributed by atoms with Crippen LogP contribution in [-0.4, -0.2) is 29.7 Å². The monoisotopic (exact) mass is 349 g/mol. The summed E-state index contributed by atoms with van der Waals surface area (Å²) in [7, 11) is 0. The van der Waals surface area contributed by atoms with Gasteiger partial charge >= 0.3 is 0 Å². The van der Waals surface area contributed by atoms with Crippen molar-refractivity contribution in [1.82, 2.24) is 15.3 Å². The number of ether oxygens (including phenoxy) is 1. The van der Waals surface area contributed by atoms with Crippen LogP contribution in [0.5, 0.6) is 0 Å². The Morgan fingerprint density at radius 2 is 2.00 bits per heavy atom. The molecule has 5 heteroatoms. The highest BCUT2D eigenvalue weighted by atomic mass is 79.9. The molecule has 0 bridgehead atoms. The van der Waals surface area contributed by atoms with Crippen LogP contribution >= 0.6 is 15.9 Å². The van der Waals surface area contributed by atoms with Gasteiger partial charge in [0.15, 0.2) is 0 Å². The van der Waals surface area contributed by atoms with Crippen LogP contribution in [0, 0.1) is 0 Å². The van der Waals surface area contributed by atoms with Crippen LogP contribution in [0.2, 0.25) is 0 Å². The fourth-order valence-corrected chi connectivity index (χ4v) is 3.21. The standard InChI is InChI=1S/C16H20BrN3O/c17-14-3-1-13(2-4-14)16(5-9-21-10-6-16)12-18-11-15-19-7-8-20-15/h1-4,7-8,18H,5-6,9-12H2,(H,19,20). The quantitative estimate of drug-likeness (QED) is 0.872. The molecular weight excluding hydrogens is 330 g/mol. The van der Waals surface area contributed by atoms with Gasteiger partial charge in [-0.15, -0.1) is 0 Å². The number of rotatable bonds is 5. The Bertz CT molecular complexity index is 547. The second kappa shape index (κ2) is 6.73. The lowest BCUT2D eigenvalue weighted by molar-refractivity contribution is 0.0497. The number of halogens is 1. The molecule has 2 aromatic rings. The molecule has 1 aliphatic rings. The zero-order chi connectivity index (χ0) is 14.5. The first-order chi connectivity index (χ1) is 10.3. The molecule has 2 N–H and O–H groups in total. The highest BCUT2D eigenvalue weighted by Gasteiger charge is 2.34. The first kappa shape index (κ1) is 14.8. The molecule has 0 aliphatic carbocycles. The third-order valence-corrected chi connectivity index (χ3v) is 4.75. The molecule has 1 aromatic heterocycles. The van der Waals surface area contributed by atoms with E-state index in [2.05, 4.69) is 55.5 Å². The minimum Gasteiger partial charge on any atom is -0.381 e. The Hall–Kier alpha value is -1.17. The summed E-state index contributed by atoms with van der Waals surface area (Å²) in [6.07, 6.45) is 5.76. The number of aromatic nitrogens is 2. The summed E-state index contributed by atoms with van der Waals surface area (Å²) in [5.74, 6) is 0.980. The molecular formula is C16H20BrN3O. The van der Waals surface area contributed by atoms with E-state index in [1.54, 1.807) is 6.20 Å². The minimum absolute atomic E-state index is 0.158. The zero-order valence-corrected chi connectivity index (χ0v) is 13.5. The van der Waals surface area contributed by atoms with E-state index in [4.69, 9.17) is 4.74 Å². The number of hydrogen-bond donors (Lipinski definition) is 2. The molecule has 21 heavy (non-hydrogen) atoms.